The van der Waals surface area contributed by atoms with Crippen LogP contribution in [0.1, 0.15) is 27.7 Å². The molecule has 0 unspecified atom stereocenters. The van der Waals surface area contributed by atoms with Gasteiger partial charge in [-0.3, -0.25) is 9.69 Å². The van der Waals surface area contributed by atoms with E-state index in [0.29, 0.717) is 5.56 Å². The largest absolute Gasteiger partial charge is 0.379 e. The zero-order chi connectivity index (χ0) is 20.1. The van der Waals surface area contributed by atoms with Crippen molar-refractivity contribution in [3.05, 3.63) is 83.7 Å². The number of hydrogen-bond acceptors (Lipinski definition) is 4. The Kier molecular flexibility index (Phi) is 6.03. The van der Waals surface area contributed by atoms with E-state index in [0.717, 1.165) is 49.8 Å². The molecule has 2 heterocycles. The highest BCUT2D eigenvalue weighted by molar-refractivity contribution is 5.94. The second-order valence-corrected chi connectivity index (χ2v) is 7.28. The molecule has 0 bridgehead atoms. The van der Waals surface area contributed by atoms with Crippen LogP contribution >= 0.6 is 0 Å². The maximum Gasteiger partial charge on any atom is 0.251 e. The summed E-state index contributed by atoms with van der Waals surface area (Å²) in [6, 6.07) is 19.6. The second-order valence-electron chi connectivity index (χ2n) is 7.28. The lowest BCUT2D eigenvalue weighted by Crippen LogP contribution is -2.43. The Morgan fingerprint density at radius 3 is 2.45 bits per heavy atom. The molecule has 1 amide bonds. The number of rotatable bonds is 6. The highest BCUT2D eigenvalue weighted by Gasteiger charge is 2.20. The quantitative estimate of drug-likeness (QED) is 0.703. The Bertz CT molecular complexity index is 931. The topological polar surface area (TPSA) is 59.4 Å². The van der Waals surface area contributed by atoms with Crippen molar-refractivity contribution in [3.63, 3.8) is 0 Å². The fourth-order valence-corrected chi connectivity index (χ4v) is 3.60. The Morgan fingerprint density at radius 2 is 1.79 bits per heavy atom. The molecule has 3 aromatic rings. The Labute approximate surface area is 171 Å². The van der Waals surface area contributed by atoms with Crippen molar-refractivity contribution in [2.24, 2.45) is 0 Å². The molecule has 1 atom stereocenters. The highest BCUT2D eigenvalue weighted by atomic mass is 16.5. The van der Waals surface area contributed by atoms with Gasteiger partial charge in [0.25, 0.3) is 5.91 Å². The summed E-state index contributed by atoms with van der Waals surface area (Å²) in [6.45, 7) is 6.02. The maximum atomic E-state index is 13.0. The molecule has 0 aliphatic carbocycles. The molecule has 0 spiro atoms. The third kappa shape index (κ3) is 4.72. The van der Waals surface area contributed by atoms with E-state index in [1.54, 1.807) is 6.20 Å². The molecule has 29 heavy (non-hydrogen) atoms. The molecule has 0 saturated carbocycles. The van der Waals surface area contributed by atoms with Crippen LogP contribution in [-0.2, 0) is 4.74 Å². The number of benzene rings is 2. The molecule has 1 fully saturated rings. The molecule has 4 rings (SSSR count). The van der Waals surface area contributed by atoms with Gasteiger partial charge in [-0.2, -0.15) is 5.10 Å². The third-order valence-electron chi connectivity index (χ3n) is 5.26. The van der Waals surface area contributed by atoms with Gasteiger partial charge in [-0.15, -0.1) is 0 Å². The number of morpholine rings is 1. The number of carbonyl (C=O) groups excluding carboxylic acids is 1. The van der Waals surface area contributed by atoms with Crippen molar-refractivity contribution in [3.8, 4) is 5.69 Å². The molecule has 1 N–H and O–H groups in total. The monoisotopic (exact) mass is 390 g/mol. The van der Waals surface area contributed by atoms with E-state index in [2.05, 4.69) is 27.4 Å². The summed E-state index contributed by atoms with van der Waals surface area (Å²) in [4.78, 5) is 15.3. The minimum absolute atomic E-state index is 0.0733. The van der Waals surface area contributed by atoms with E-state index in [1.165, 1.54) is 0 Å². The van der Waals surface area contributed by atoms with Gasteiger partial charge >= 0.3 is 0 Å². The average molecular weight is 390 g/mol. The molecule has 2 aromatic carbocycles. The number of amides is 1. The highest BCUT2D eigenvalue weighted by Crippen LogP contribution is 2.17. The summed E-state index contributed by atoms with van der Waals surface area (Å²) in [5.41, 5.74) is 3.74. The molecule has 1 saturated heterocycles. The SMILES string of the molecule is Cc1ccnn1-c1ccc(C(=O)N[C@@H](CN2CCOCC2)c2ccccc2)cc1. The van der Waals surface area contributed by atoms with Crippen LogP contribution in [0, 0.1) is 6.92 Å². The van der Waals surface area contributed by atoms with Gasteiger partial charge < -0.3 is 10.1 Å². The minimum Gasteiger partial charge on any atom is -0.379 e. The zero-order valence-electron chi connectivity index (χ0n) is 16.6. The molecule has 1 aromatic heterocycles. The smallest absolute Gasteiger partial charge is 0.251 e. The van der Waals surface area contributed by atoms with Crippen molar-refractivity contribution in [2.45, 2.75) is 13.0 Å². The lowest BCUT2D eigenvalue weighted by Gasteiger charge is -2.31. The summed E-state index contributed by atoms with van der Waals surface area (Å²) < 4.78 is 7.31. The molecule has 1 aliphatic heterocycles. The van der Waals surface area contributed by atoms with Gasteiger partial charge in [-0.25, -0.2) is 4.68 Å². The minimum atomic E-state index is -0.0742. The van der Waals surface area contributed by atoms with Crippen molar-refractivity contribution in [2.75, 3.05) is 32.8 Å². The van der Waals surface area contributed by atoms with Crippen LogP contribution in [0.2, 0.25) is 0 Å². The van der Waals surface area contributed by atoms with Crippen LogP contribution in [0.5, 0.6) is 0 Å². The molecular weight excluding hydrogens is 364 g/mol. The fourth-order valence-electron chi connectivity index (χ4n) is 3.60. The van der Waals surface area contributed by atoms with Crippen LogP contribution in [0.4, 0.5) is 0 Å². The number of aryl methyl sites for hydroxylation is 1. The summed E-state index contributed by atoms with van der Waals surface area (Å²) in [5.74, 6) is -0.0733. The zero-order valence-corrected chi connectivity index (χ0v) is 16.6. The third-order valence-corrected chi connectivity index (χ3v) is 5.26. The molecule has 150 valence electrons. The predicted octanol–water partition coefficient (Wildman–Crippen LogP) is 2.98. The normalized spacial score (nSPS) is 15.8. The predicted molar refractivity (Wildman–Crippen MR) is 112 cm³/mol. The number of carbonyl (C=O) groups is 1. The van der Waals surface area contributed by atoms with E-state index in [4.69, 9.17) is 4.74 Å². The van der Waals surface area contributed by atoms with E-state index >= 15 is 0 Å². The first-order valence-electron chi connectivity index (χ1n) is 9.98. The van der Waals surface area contributed by atoms with Gasteiger partial charge in [0, 0.05) is 37.1 Å². The summed E-state index contributed by atoms with van der Waals surface area (Å²) in [6.07, 6.45) is 1.77. The van der Waals surface area contributed by atoms with Crippen LogP contribution < -0.4 is 5.32 Å². The number of ether oxygens (including phenoxy) is 1. The number of hydrogen-bond donors (Lipinski definition) is 1. The van der Waals surface area contributed by atoms with Crippen LogP contribution in [0.25, 0.3) is 5.69 Å². The first kappa shape index (κ1) is 19.4. The van der Waals surface area contributed by atoms with E-state index in [1.807, 2.05) is 60.1 Å². The van der Waals surface area contributed by atoms with Crippen molar-refractivity contribution >= 4 is 5.91 Å². The second kappa shape index (κ2) is 9.03. The number of nitrogens with one attached hydrogen (secondary N) is 1. The van der Waals surface area contributed by atoms with E-state index in [9.17, 15) is 4.79 Å². The molecule has 1 aliphatic rings. The molecule has 6 heteroatoms. The van der Waals surface area contributed by atoms with Crippen LogP contribution in [0.3, 0.4) is 0 Å². The summed E-state index contributed by atoms with van der Waals surface area (Å²) >= 11 is 0. The van der Waals surface area contributed by atoms with Crippen LogP contribution in [0.15, 0.2) is 66.9 Å². The number of nitrogens with zero attached hydrogens (tertiary/aromatic N) is 3. The fraction of sp³-hybridized carbons (Fsp3) is 0.304. The van der Waals surface area contributed by atoms with E-state index < -0.39 is 0 Å². The van der Waals surface area contributed by atoms with Gasteiger partial charge in [0.05, 0.1) is 24.9 Å². The standard InChI is InChI=1S/C23H26N4O2/c1-18-11-12-24-27(18)21-9-7-20(8-10-21)23(28)25-22(19-5-3-2-4-6-19)17-26-13-15-29-16-14-26/h2-12,22H,13-17H2,1H3,(H,25,28)/t22-/m0/s1. The van der Waals surface area contributed by atoms with Gasteiger partial charge in [0.1, 0.15) is 0 Å². The van der Waals surface area contributed by atoms with Gasteiger partial charge in [0.2, 0.25) is 0 Å². The Morgan fingerprint density at radius 1 is 1.07 bits per heavy atom. The van der Waals surface area contributed by atoms with Gasteiger partial charge in [0.15, 0.2) is 0 Å². The first-order valence-corrected chi connectivity index (χ1v) is 9.98. The van der Waals surface area contributed by atoms with Crippen molar-refractivity contribution < 1.29 is 9.53 Å². The summed E-state index contributed by atoms with van der Waals surface area (Å²) in [5, 5.41) is 7.53. The van der Waals surface area contributed by atoms with Crippen LogP contribution in [-0.4, -0.2) is 53.4 Å². The molecular formula is C23H26N4O2. The first-order chi connectivity index (χ1) is 14.2. The van der Waals surface area contributed by atoms with Crippen molar-refractivity contribution in [1.29, 1.82) is 0 Å². The molecule has 0 radical (unpaired) electrons. The average Bonchev–Trinajstić information content (AvgIpc) is 3.20. The summed E-state index contributed by atoms with van der Waals surface area (Å²) in [7, 11) is 0. The lowest BCUT2D eigenvalue weighted by molar-refractivity contribution is 0.0332. The van der Waals surface area contributed by atoms with Gasteiger partial charge in [-0.05, 0) is 42.8 Å². The Hall–Kier alpha value is -2.96. The number of aromatic nitrogens is 2. The van der Waals surface area contributed by atoms with Crippen molar-refractivity contribution in [1.82, 2.24) is 20.0 Å². The lowest BCUT2D eigenvalue weighted by atomic mass is 10.1. The van der Waals surface area contributed by atoms with Gasteiger partial charge in [-0.1, -0.05) is 30.3 Å². The maximum absolute atomic E-state index is 13.0. The van der Waals surface area contributed by atoms with E-state index in [-0.39, 0.29) is 11.9 Å². The Balaban J connectivity index is 1.49. The molecule has 6 nitrogen and oxygen atoms in total.